The first-order valence-electron chi connectivity index (χ1n) is 30.9. The van der Waals surface area contributed by atoms with E-state index < -0.39 is 23.8 Å². The van der Waals surface area contributed by atoms with Crippen LogP contribution in [0.25, 0.3) is 22.2 Å². The van der Waals surface area contributed by atoms with Gasteiger partial charge in [0, 0.05) is 47.9 Å². The van der Waals surface area contributed by atoms with E-state index in [0.717, 1.165) is 27.7 Å². The van der Waals surface area contributed by atoms with E-state index in [1.165, 1.54) is 54.7 Å². The Kier molecular flexibility index (Phi) is 34.8. The number of benzene rings is 13. The third-order valence-corrected chi connectivity index (χ3v) is 22.6. The Morgan fingerprint density at radius 3 is 0.879 bits per heavy atom. The van der Waals surface area contributed by atoms with Gasteiger partial charge in [0.05, 0.1) is 17.8 Å². The maximum absolute atomic E-state index is 10.8. The van der Waals surface area contributed by atoms with E-state index in [1.54, 1.807) is 36.4 Å². The van der Waals surface area contributed by atoms with E-state index in [2.05, 4.69) is 278 Å². The number of aliphatic hydroxyl groups is 1. The zero-order chi connectivity index (χ0) is 69.1. The fourth-order valence-electron chi connectivity index (χ4n) is 9.90. The number of carbonyl (C=O) groups excluding carboxylic acids is 1. The number of rotatable bonds is 12. The van der Waals surface area contributed by atoms with Gasteiger partial charge in [-0.25, -0.2) is 4.98 Å². The molecule has 0 saturated carbocycles. The van der Waals surface area contributed by atoms with Gasteiger partial charge in [0.15, 0.2) is 5.78 Å². The number of Topliss-reactive ketones (excluding diaryl/α,β-unsaturated/α-hetero) is 1. The van der Waals surface area contributed by atoms with Gasteiger partial charge in [-0.2, -0.15) is 0 Å². The maximum atomic E-state index is 10.8. The third kappa shape index (κ3) is 25.8. The molecular weight excluding hydrogens is 1490 g/mol. The van der Waals surface area contributed by atoms with Crippen molar-refractivity contribution in [2.24, 2.45) is 0 Å². The number of nitrogens with two attached hydrogens (primary N) is 1. The normalized spacial score (nSPS) is 10.2. The SMILES string of the molecule is C.CC(=O)c1cc(Cl)cc(Cl)c1.Clc1cc(Cl)cc(-c2ccc3ccccc3n2)c1.Nc1ccccc1CO.[Cl][Ru][Cl].c1ccc(P(c2ccccc2)c2ccccc2)cc1.c1ccc(P(c2ccccc2)c2ccccc2)cc1.c1ccc(P(c2ccccc2)c2ccccc2)cc1. The number of hydrogen-bond acceptors (Lipinski definition) is 4. The molecule has 3 N–H and O–H groups in total. The first-order valence-corrected chi connectivity index (χ1v) is 40.9. The van der Waals surface area contributed by atoms with E-state index in [1.807, 2.05) is 60.7 Å². The van der Waals surface area contributed by atoms with Gasteiger partial charge in [0.25, 0.3) is 0 Å². The standard InChI is InChI=1S/3C18H15P.C15H9Cl2N.C8H6Cl2O.C7H9NO.CH4.2ClH.Ru/c3*1-4-10-16(11-5-1)19(17-12-6-2-7-13-17)18-14-8-3-9-15-18;16-12-7-11(8-13(17)9-12)15-6-5-10-3-1-2-4-14(10)18-15;1-5(11)6-2-7(9)4-8(10)3-6;8-7-4-2-1-3-6(7)5-9;;;;/h3*1-15H;1-9H;2-4H,1H3;1-4,9H,5,8H2;1H4;2*1H;/q;;;;;;;;;+2/p-2. The third-order valence-electron chi connectivity index (χ3n) is 14.4. The van der Waals surface area contributed by atoms with Gasteiger partial charge in [0.2, 0.25) is 0 Å². The summed E-state index contributed by atoms with van der Waals surface area (Å²) in [4.78, 5) is 15.4. The average molecular weight is 1560 g/mol. The molecule has 0 unspecified atom stereocenters. The molecule has 0 amide bonds. The molecule has 0 bridgehead atoms. The molecule has 0 radical (unpaired) electrons. The monoisotopic (exact) mass is 1560 g/mol. The van der Waals surface area contributed by atoms with Gasteiger partial charge in [0.1, 0.15) is 0 Å². The molecule has 0 aliphatic rings. The molecule has 14 rings (SSSR count). The second kappa shape index (κ2) is 43.8. The summed E-state index contributed by atoms with van der Waals surface area (Å²) in [5.41, 5.74) is 10.2. The van der Waals surface area contributed by atoms with Crippen molar-refractivity contribution in [2.45, 2.75) is 21.0 Å². The van der Waals surface area contributed by atoms with Gasteiger partial charge >= 0.3 is 34.5 Å². The minimum atomic E-state index is -0.446. The number of aromatic nitrogens is 1. The summed E-state index contributed by atoms with van der Waals surface area (Å²) in [6, 6.07) is 126. The van der Waals surface area contributed by atoms with Crippen molar-refractivity contribution in [1.29, 1.82) is 0 Å². The van der Waals surface area contributed by atoms with Crippen LogP contribution in [-0.2, 0) is 21.8 Å². The zero-order valence-electron chi connectivity index (χ0n) is 53.3. The number of halogens is 6. The zero-order valence-corrected chi connectivity index (χ0v) is 62.2. The summed E-state index contributed by atoms with van der Waals surface area (Å²) >= 11 is 23.0. The topological polar surface area (TPSA) is 76.2 Å². The number of fused-ring (bicyclic) bond motifs is 1. The van der Waals surface area contributed by atoms with Crippen LogP contribution in [0, 0.1) is 0 Å². The van der Waals surface area contributed by atoms with Crippen LogP contribution >= 0.6 is 89.6 Å². The molecule has 0 aliphatic heterocycles. The van der Waals surface area contributed by atoms with E-state index in [0.29, 0.717) is 31.3 Å². The fourth-order valence-corrected chi connectivity index (χ4v) is 17.9. The predicted molar refractivity (Wildman–Crippen MR) is 434 cm³/mol. The maximum Gasteiger partial charge on any atom is -0.0134 e. The summed E-state index contributed by atoms with van der Waals surface area (Å²) in [7, 11) is 8.37. The van der Waals surface area contributed by atoms with Crippen LogP contribution in [0.3, 0.4) is 0 Å². The van der Waals surface area contributed by atoms with Gasteiger partial charge in [-0.05, 0) is 133 Å². The molecule has 500 valence electrons. The Balaban J connectivity index is 0.000000168. The summed E-state index contributed by atoms with van der Waals surface area (Å²) in [5, 5.41) is 24.6. The van der Waals surface area contributed by atoms with Crippen LogP contribution < -0.4 is 53.5 Å². The van der Waals surface area contributed by atoms with Crippen LogP contribution in [0.15, 0.2) is 370 Å². The Labute approximate surface area is 623 Å². The van der Waals surface area contributed by atoms with Crippen molar-refractivity contribution in [3.8, 4) is 11.3 Å². The van der Waals surface area contributed by atoms with Crippen molar-refractivity contribution in [3.63, 3.8) is 0 Å². The Bertz CT molecular complexity index is 3990. The van der Waals surface area contributed by atoms with E-state index in [9.17, 15) is 4.79 Å². The number of para-hydroxylation sites is 2. The van der Waals surface area contributed by atoms with Gasteiger partial charge in [-0.1, -0.05) is 369 Å². The van der Waals surface area contributed by atoms with Crippen molar-refractivity contribution in [1.82, 2.24) is 4.98 Å². The number of carbonyl (C=O) groups is 1. The van der Waals surface area contributed by atoms with Crippen LogP contribution in [0.4, 0.5) is 5.69 Å². The average Bonchev–Trinajstić information content (AvgIpc) is 0.844. The van der Waals surface area contributed by atoms with Gasteiger partial charge < -0.3 is 10.8 Å². The molecule has 0 saturated heterocycles. The molecule has 1 aromatic heterocycles. The molecule has 14 aromatic rings. The van der Waals surface area contributed by atoms with Crippen molar-refractivity contribution >= 4 is 160 Å². The Morgan fingerprint density at radius 1 is 0.364 bits per heavy atom. The van der Waals surface area contributed by atoms with Crippen molar-refractivity contribution < 1.29 is 25.0 Å². The minimum Gasteiger partial charge on any atom is -0.0622 e. The van der Waals surface area contributed by atoms with Crippen LogP contribution in [-0.4, -0.2) is 15.9 Å². The second-order valence-corrected chi connectivity index (χ2v) is 32.2. The smallest absolute Gasteiger partial charge is 0.0134 e. The number of nitrogens with zero attached hydrogens (tertiary/aromatic N) is 1. The minimum absolute atomic E-state index is 0. The molecular formula is C85H73Cl6N2O2P3Ru. The van der Waals surface area contributed by atoms with Gasteiger partial charge in [-0.15, -0.1) is 0 Å². The molecule has 4 nitrogen and oxygen atoms in total. The van der Waals surface area contributed by atoms with Gasteiger partial charge in [-0.3, -0.25) is 4.79 Å². The molecule has 0 aliphatic carbocycles. The molecule has 0 spiro atoms. The van der Waals surface area contributed by atoms with Crippen LogP contribution in [0.1, 0.15) is 30.3 Å². The number of nitrogen functional groups attached to an aromatic ring is 1. The predicted octanol–water partition coefficient (Wildman–Crippen LogP) is 21.5. The quantitative estimate of drug-likeness (QED) is 0.0553. The number of hydrogen-bond donors (Lipinski definition) is 2. The molecule has 1 heterocycles. The van der Waals surface area contributed by atoms with E-state index in [4.69, 9.17) is 76.6 Å². The molecule has 0 fully saturated rings. The van der Waals surface area contributed by atoms with Crippen LogP contribution in [0.5, 0.6) is 0 Å². The summed E-state index contributed by atoms with van der Waals surface area (Å²) in [6.07, 6.45) is 0. The van der Waals surface area contributed by atoms with E-state index >= 15 is 0 Å². The summed E-state index contributed by atoms with van der Waals surface area (Å²) < 4.78 is 0. The molecule has 0 atom stereocenters. The fraction of sp³-hybridized carbons (Fsp3) is 0.0353. The van der Waals surface area contributed by atoms with Crippen molar-refractivity contribution in [3.05, 3.63) is 401 Å². The Hall–Kier alpha value is -7.65. The number of ketones is 1. The number of pyridine rings is 1. The Morgan fingerprint density at radius 2 is 0.616 bits per heavy atom. The first kappa shape index (κ1) is 78.7. The summed E-state index contributed by atoms with van der Waals surface area (Å²) in [6.45, 7) is 1.49. The molecule has 14 heteroatoms. The second-order valence-electron chi connectivity index (χ2n) is 21.2. The first-order chi connectivity index (χ1) is 47.9. The summed E-state index contributed by atoms with van der Waals surface area (Å²) in [5.74, 6) is -0.0330. The molecule has 99 heavy (non-hydrogen) atoms. The number of anilines is 1. The van der Waals surface area contributed by atoms with Crippen molar-refractivity contribution in [2.75, 3.05) is 5.73 Å². The largest absolute Gasteiger partial charge is 0.0622 e. The van der Waals surface area contributed by atoms with E-state index in [-0.39, 0.29) is 35.0 Å². The van der Waals surface area contributed by atoms with Crippen LogP contribution in [0.2, 0.25) is 20.1 Å². The molecule has 13 aromatic carbocycles. The number of aliphatic hydroxyl groups excluding tert-OH is 1.